The molecule has 0 aromatic heterocycles. The molecule has 0 radical (unpaired) electrons. The molecule has 2 aromatic carbocycles. The first-order valence-electron chi connectivity index (χ1n) is 13.4. The second-order valence-electron chi connectivity index (χ2n) is 11.4. The summed E-state index contributed by atoms with van der Waals surface area (Å²) >= 11 is 0. The zero-order chi connectivity index (χ0) is 22.0. The Morgan fingerprint density at radius 3 is 2.67 bits per heavy atom. The Labute approximate surface area is 198 Å². The van der Waals surface area contributed by atoms with Crippen molar-refractivity contribution >= 4 is 5.69 Å². The monoisotopic (exact) mass is 443 g/mol. The lowest BCUT2D eigenvalue weighted by Crippen LogP contribution is -2.50. The fraction of sp³-hybridized carbons (Fsp3) is 0.586. The molecular weight excluding hydrogens is 406 g/mol. The van der Waals surface area contributed by atoms with E-state index in [1.54, 1.807) is 11.1 Å². The third kappa shape index (κ3) is 3.40. The normalized spacial score (nSPS) is 36.8. The van der Waals surface area contributed by atoms with Crippen LogP contribution in [0.25, 0.3) is 0 Å². The van der Waals surface area contributed by atoms with Crippen LogP contribution in [0.4, 0.5) is 5.69 Å². The minimum Gasteiger partial charge on any atom is -0.490 e. The van der Waals surface area contributed by atoms with Crippen molar-refractivity contribution in [2.24, 2.45) is 11.8 Å². The van der Waals surface area contributed by atoms with E-state index in [-0.39, 0.29) is 6.10 Å². The Hall–Kier alpha value is -2.04. The number of hydrazine groups is 1. The lowest BCUT2D eigenvalue weighted by molar-refractivity contribution is 0.0296. The van der Waals surface area contributed by atoms with Crippen LogP contribution in [0.3, 0.4) is 0 Å². The Morgan fingerprint density at radius 2 is 1.85 bits per heavy atom. The average Bonchev–Trinajstić information content (AvgIpc) is 3.40. The summed E-state index contributed by atoms with van der Waals surface area (Å²) in [6, 6.07) is 16.7. The number of aryl methyl sites for hydroxylation is 2. The molecule has 6 atom stereocenters. The maximum Gasteiger partial charge on any atom is 0.119 e. The van der Waals surface area contributed by atoms with E-state index in [0.717, 1.165) is 43.1 Å². The molecule has 4 heteroatoms. The quantitative estimate of drug-likeness (QED) is 0.619. The van der Waals surface area contributed by atoms with Gasteiger partial charge in [-0.15, -0.1) is 0 Å². The first-order valence-corrected chi connectivity index (χ1v) is 13.4. The maximum absolute atomic E-state index is 6.88. The van der Waals surface area contributed by atoms with Gasteiger partial charge in [0.05, 0.1) is 0 Å². The molecule has 2 heterocycles. The van der Waals surface area contributed by atoms with E-state index in [2.05, 4.69) is 65.1 Å². The van der Waals surface area contributed by atoms with Crippen LogP contribution in [-0.4, -0.2) is 35.8 Å². The lowest BCUT2D eigenvalue weighted by atomic mass is 9.58. The van der Waals surface area contributed by atoms with Crippen LogP contribution in [0.1, 0.15) is 67.6 Å². The minimum absolute atomic E-state index is 0.254. The molecule has 5 aliphatic rings. The van der Waals surface area contributed by atoms with Crippen molar-refractivity contribution in [2.75, 3.05) is 18.5 Å². The van der Waals surface area contributed by atoms with Crippen molar-refractivity contribution in [3.05, 3.63) is 59.2 Å². The molecule has 4 nitrogen and oxygen atoms in total. The summed E-state index contributed by atoms with van der Waals surface area (Å²) in [5.41, 5.74) is 9.65. The summed E-state index contributed by atoms with van der Waals surface area (Å²) in [6.45, 7) is 4.50. The van der Waals surface area contributed by atoms with E-state index in [1.807, 2.05) is 0 Å². The van der Waals surface area contributed by atoms with Crippen LogP contribution in [0.2, 0.25) is 0 Å². The summed E-state index contributed by atoms with van der Waals surface area (Å²) in [6.07, 6.45) is 10.7. The summed E-state index contributed by atoms with van der Waals surface area (Å²) < 4.78 is 6.88. The molecule has 2 aromatic rings. The van der Waals surface area contributed by atoms with Crippen molar-refractivity contribution < 1.29 is 4.74 Å². The van der Waals surface area contributed by atoms with Crippen molar-refractivity contribution in [3.8, 4) is 5.75 Å². The molecule has 2 N–H and O–H groups in total. The van der Waals surface area contributed by atoms with Crippen LogP contribution < -0.4 is 15.5 Å². The number of rotatable bonds is 4. The Kier molecular flexibility index (Phi) is 4.77. The number of ether oxygens (including phenoxy) is 1. The predicted octanol–water partition coefficient (Wildman–Crippen LogP) is 5.43. The Morgan fingerprint density at radius 1 is 1.00 bits per heavy atom. The van der Waals surface area contributed by atoms with Gasteiger partial charge in [-0.2, -0.15) is 0 Å². The highest BCUT2D eigenvalue weighted by molar-refractivity contribution is 5.46. The predicted molar refractivity (Wildman–Crippen MR) is 133 cm³/mol. The van der Waals surface area contributed by atoms with Gasteiger partial charge in [0.1, 0.15) is 11.9 Å². The van der Waals surface area contributed by atoms with Gasteiger partial charge in [0.15, 0.2) is 0 Å². The molecule has 7 rings (SSSR count). The number of anilines is 1. The molecule has 0 bridgehead atoms. The minimum atomic E-state index is 0.254. The molecule has 4 fully saturated rings. The molecular formula is C29H37N3O. The fourth-order valence-corrected chi connectivity index (χ4v) is 8.01. The van der Waals surface area contributed by atoms with E-state index in [4.69, 9.17) is 4.74 Å². The van der Waals surface area contributed by atoms with Gasteiger partial charge < -0.3 is 15.5 Å². The topological polar surface area (TPSA) is 46.4 Å². The van der Waals surface area contributed by atoms with Crippen LogP contribution in [0.5, 0.6) is 5.75 Å². The lowest BCUT2D eigenvalue weighted by Gasteiger charge is -2.49. The van der Waals surface area contributed by atoms with Gasteiger partial charge in [0, 0.05) is 42.7 Å². The standard InChI is InChI=1S/C29H37N3O/c1-19-5-11-23-20(17-19)6-12-24-25-13-14-27-29(25,30-27)18-26(28(23)24)33-22-9-7-21(8-10-22)31-32-15-3-2-4-16-32/h5,7-11,17,24-28,30-31H,2-4,6,12-16,18H2,1H3. The van der Waals surface area contributed by atoms with E-state index in [9.17, 15) is 0 Å². The summed E-state index contributed by atoms with van der Waals surface area (Å²) in [5, 5.41) is 6.28. The van der Waals surface area contributed by atoms with Crippen molar-refractivity contribution in [2.45, 2.75) is 81.9 Å². The summed E-state index contributed by atoms with van der Waals surface area (Å²) in [5.74, 6) is 3.13. The molecule has 2 saturated carbocycles. The molecule has 3 aliphatic carbocycles. The van der Waals surface area contributed by atoms with Crippen molar-refractivity contribution in [1.82, 2.24) is 10.3 Å². The Bertz CT molecular complexity index is 1030. The molecule has 0 amide bonds. The molecule has 2 saturated heterocycles. The van der Waals surface area contributed by atoms with Crippen LogP contribution in [0, 0.1) is 18.8 Å². The second kappa shape index (κ2) is 7.74. The first kappa shape index (κ1) is 20.3. The van der Waals surface area contributed by atoms with Crippen molar-refractivity contribution in [3.63, 3.8) is 0 Å². The van der Waals surface area contributed by atoms with E-state index in [1.165, 1.54) is 56.2 Å². The fourth-order valence-electron chi connectivity index (χ4n) is 8.01. The van der Waals surface area contributed by atoms with Gasteiger partial charge in [0.25, 0.3) is 0 Å². The SMILES string of the molecule is Cc1ccc2c(c1)CCC1C2C(Oc2ccc(NN3CCCCC3)cc2)CC23NC2CCC13. The van der Waals surface area contributed by atoms with Gasteiger partial charge >= 0.3 is 0 Å². The highest BCUT2D eigenvalue weighted by Gasteiger charge is 2.69. The molecule has 1 spiro atoms. The van der Waals surface area contributed by atoms with E-state index in [0.29, 0.717) is 11.5 Å². The highest BCUT2D eigenvalue weighted by Crippen LogP contribution is 2.62. The summed E-state index contributed by atoms with van der Waals surface area (Å²) in [7, 11) is 0. The van der Waals surface area contributed by atoms with Gasteiger partial charge in [0.2, 0.25) is 0 Å². The molecule has 33 heavy (non-hydrogen) atoms. The van der Waals surface area contributed by atoms with E-state index >= 15 is 0 Å². The summed E-state index contributed by atoms with van der Waals surface area (Å²) in [4.78, 5) is 0. The average molecular weight is 444 g/mol. The van der Waals surface area contributed by atoms with Gasteiger partial charge in [-0.3, -0.25) is 0 Å². The van der Waals surface area contributed by atoms with E-state index < -0.39 is 0 Å². The third-order valence-corrected chi connectivity index (χ3v) is 9.52. The molecule has 174 valence electrons. The van der Waals surface area contributed by atoms with Crippen LogP contribution >= 0.6 is 0 Å². The highest BCUT2D eigenvalue weighted by atomic mass is 16.5. The zero-order valence-corrected chi connectivity index (χ0v) is 19.9. The number of piperidine rings is 2. The zero-order valence-electron chi connectivity index (χ0n) is 19.9. The number of fused-ring (bicyclic) bond motifs is 4. The Balaban J connectivity index is 1.15. The third-order valence-electron chi connectivity index (χ3n) is 9.52. The first-order chi connectivity index (χ1) is 16.2. The number of nitrogens with zero attached hydrogens (tertiary/aromatic N) is 1. The smallest absolute Gasteiger partial charge is 0.119 e. The number of hydrogen-bond donors (Lipinski definition) is 2. The van der Waals surface area contributed by atoms with Gasteiger partial charge in [-0.05, 0) is 92.7 Å². The van der Waals surface area contributed by atoms with Gasteiger partial charge in [-0.1, -0.05) is 30.2 Å². The maximum atomic E-state index is 6.88. The number of benzene rings is 2. The number of nitrogens with one attached hydrogen (secondary N) is 2. The largest absolute Gasteiger partial charge is 0.490 e. The van der Waals surface area contributed by atoms with Crippen molar-refractivity contribution in [1.29, 1.82) is 0 Å². The number of hydrogen-bond acceptors (Lipinski definition) is 4. The molecule has 2 aliphatic heterocycles. The van der Waals surface area contributed by atoms with Gasteiger partial charge in [-0.25, -0.2) is 5.01 Å². The molecule has 6 unspecified atom stereocenters. The van der Waals surface area contributed by atoms with Crippen LogP contribution in [0.15, 0.2) is 42.5 Å². The van der Waals surface area contributed by atoms with Crippen LogP contribution in [-0.2, 0) is 6.42 Å². The second-order valence-corrected chi connectivity index (χ2v) is 11.4.